The molecule has 2 aromatic heterocycles. The largest absolute Gasteiger partial charge is 1.00 e. The Labute approximate surface area is 305 Å². The number of anilines is 2. The van der Waals surface area contributed by atoms with Crippen LogP contribution in [0.2, 0.25) is 0 Å². The number of aryl methyl sites for hydroxylation is 3. The van der Waals surface area contributed by atoms with Gasteiger partial charge in [-0.15, -0.1) is 0 Å². The number of benzene rings is 4. The maximum absolute atomic E-state index is 4.79. The van der Waals surface area contributed by atoms with Gasteiger partial charge in [0.1, 0.15) is 12.8 Å². The third-order valence-corrected chi connectivity index (χ3v) is 8.62. The van der Waals surface area contributed by atoms with E-state index < -0.39 is 0 Å². The van der Waals surface area contributed by atoms with Gasteiger partial charge in [-0.2, -0.15) is 14.8 Å². The lowest BCUT2D eigenvalue weighted by molar-refractivity contribution is -0.671. The Bertz CT molecular complexity index is 1960. The van der Waals surface area contributed by atoms with E-state index >= 15 is 0 Å². The van der Waals surface area contributed by atoms with Crippen LogP contribution in [0.5, 0.6) is 0 Å². The molecule has 0 unspecified atom stereocenters. The van der Waals surface area contributed by atoms with Crippen LogP contribution in [0.1, 0.15) is 37.1 Å². The Morgan fingerprint density at radius 2 is 1.19 bits per heavy atom. The number of hydrogen-bond acceptors (Lipinski definition) is 4. The minimum Gasteiger partial charge on any atom is -1.00 e. The average Bonchev–Trinajstić information content (AvgIpc) is 3.38. The molecule has 2 heterocycles. The fraction of sp³-hybridized carbons (Fsp3) is 0.231. The highest BCUT2D eigenvalue weighted by atomic mass is 79.9. The zero-order valence-electron chi connectivity index (χ0n) is 27.8. The van der Waals surface area contributed by atoms with Crippen LogP contribution < -0.4 is 53.1 Å². The van der Waals surface area contributed by atoms with E-state index in [1.165, 1.54) is 34.8 Å². The second kappa shape index (κ2) is 17.7. The van der Waals surface area contributed by atoms with Crippen molar-refractivity contribution in [2.75, 3.05) is 24.1 Å². The number of aromatic nitrogens is 3. The smallest absolute Gasteiger partial charge is 0.302 e. The number of pyridine rings is 1. The molecule has 0 aliphatic carbocycles. The summed E-state index contributed by atoms with van der Waals surface area (Å²) in [5.74, 6) is 1.10. The van der Waals surface area contributed by atoms with Gasteiger partial charge in [-0.1, -0.05) is 60.7 Å². The monoisotopic (exact) mass is 767 g/mol. The molecule has 248 valence electrons. The summed E-state index contributed by atoms with van der Waals surface area (Å²) >= 11 is 0. The SMILES string of the molecule is CN(N=Cc1cc[n+](CCCCCCn2c(C=NN(C)c3ccccc3)[n+](C)c3ccccc32)c2ccccc12)c1ccccc1.[Br-].[Br-]. The molecular weight excluding hydrogens is 726 g/mol. The molecule has 7 nitrogen and oxygen atoms in total. The van der Waals surface area contributed by atoms with Crippen LogP contribution in [0, 0.1) is 0 Å². The van der Waals surface area contributed by atoms with Gasteiger partial charge < -0.3 is 34.0 Å². The van der Waals surface area contributed by atoms with Crippen molar-refractivity contribution in [3.63, 3.8) is 0 Å². The standard InChI is InChI=1S/C39H43N7.2BrH/c1-42-37-24-14-15-25-38(37)46(39(42)31-41-44(3)34-20-10-7-11-21-34)28-17-5-4-16-27-45-29-26-32(35-22-12-13-23-36(35)45)30-40-43(2)33-18-8-6-9-19-33;;/h6-15,18-26,29-31H,4-5,16-17,27-28H2,1-3H3;2*1H/q+2;;/p-2. The molecule has 0 amide bonds. The number of rotatable bonds is 13. The van der Waals surface area contributed by atoms with Crippen molar-refractivity contribution in [1.29, 1.82) is 0 Å². The first-order valence-corrected chi connectivity index (χ1v) is 16.1. The summed E-state index contributed by atoms with van der Waals surface area (Å²) in [6.45, 7) is 1.95. The number of halogens is 2. The summed E-state index contributed by atoms with van der Waals surface area (Å²) in [7, 11) is 6.10. The molecule has 0 saturated carbocycles. The number of nitrogens with zero attached hydrogens (tertiary/aromatic N) is 7. The predicted molar refractivity (Wildman–Crippen MR) is 191 cm³/mol. The van der Waals surface area contributed by atoms with E-state index in [1.807, 2.05) is 72.9 Å². The highest BCUT2D eigenvalue weighted by Gasteiger charge is 2.21. The number of imidazole rings is 1. The number of fused-ring (bicyclic) bond motifs is 2. The number of para-hydroxylation sites is 5. The van der Waals surface area contributed by atoms with E-state index in [4.69, 9.17) is 10.2 Å². The summed E-state index contributed by atoms with van der Waals surface area (Å²) in [5.41, 5.74) is 6.95. The van der Waals surface area contributed by atoms with E-state index in [2.05, 4.69) is 106 Å². The molecule has 0 atom stereocenters. The molecule has 0 aliphatic rings. The van der Waals surface area contributed by atoms with Crippen LogP contribution in [0.3, 0.4) is 0 Å². The molecule has 6 rings (SSSR count). The molecule has 0 spiro atoms. The molecule has 0 N–H and O–H groups in total. The molecule has 0 bridgehead atoms. The first-order chi connectivity index (χ1) is 22.6. The highest BCUT2D eigenvalue weighted by molar-refractivity contribution is 5.97. The van der Waals surface area contributed by atoms with E-state index in [1.54, 1.807) is 0 Å². The van der Waals surface area contributed by atoms with Gasteiger partial charge in [-0.05, 0) is 61.7 Å². The van der Waals surface area contributed by atoms with Crippen molar-refractivity contribution in [2.24, 2.45) is 17.3 Å². The molecule has 0 aliphatic heterocycles. The van der Waals surface area contributed by atoms with Crippen molar-refractivity contribution < 1.29 is 43.1 Å². The predicted octanol–water partition coefficient (Wildman–Crippen LogP) is 1.12. The Morgan fingerprint density at radius 1 is 0.625 bits per heavy atom. The van der Waals surface area contributed by atoms with Crippen LogP contribution in [0.4, 0.5) is 11.4 Å². The van der Waals surface area contributed by atoms with E-state index in [0.717, 1.165) is 48.7 Å². The van der Waals surface area contributed by atoms with Gasteiger partial charge in [0.15, 0.2) is 17.2 Å². The van der Waals surface area contributed by atoms with Gasteiger partial charge in [0.25, 0.3) is 0 Å². The topological polar surface area (TPSA) is 43.9 Å². The molecule has 9 heteroatoms. The van der Waals surface area contributed by atoms with Crippen molar-refractivity contribution in [2.45, 2.75) is 38.8 Å². The second-order valence-electron chi connectivity index (χ2n) is 11.7. The third kappa shape index (κ3) is 8.57. The Kier molecular flexibility index (Phi) is 13.5. The summed E-state index contributed by atoms with van der Waals surface area (Å²) in [5, 5.41) is 14.5. The van der Waals surface area contributed by atoms with Crippen molar-refractivity contribution in [3.8, 4) is 0 Å². The van der Waals surface area contributed by atoms with Gasteiger partial charge in [-0.25, -0.2) is 9.13 Å². The van der Waals surface area contributed by atoms with Crippen LogP contribution in [0.25, 0.3) is 21.9 Å². The van der Waals surface area contributed by atoms with Gasteiger partial charge in [0.05, 0.1) is 36.6 Å². The van der Waals surface area contributed by atoms with Crippen LogP contribution in [0.15, 0.2) is 132 Å². The van der Waals surface area contributed by atoms with Crippen LogP contribution in [-0.2, 0) is 20.1 Å². The summed E-state index contributed by atoms with van der Waals surface area (Å²) in [4.78, 5) is 0. The minimum atomic E-state index is 0. The van der Waals surface area contributed by atoms with Gasteiger partial charge >= 0.3 is 5.82 Å². The Hall–Kier alpha value is -4.34. The number of hydrogen-bond donors (Lipinski definition) is 0. The van der Waals surface area contributed by atoms with Crippen LogP contribution in [-0.4, -0.2) is 31.1 Å². The van der Waals surface area contributed by atoms with E-state index in [-0.39, 0.29) is 34.0 Å². The lowest BCUT2D eigenvalue weighted by atomic mass is 10.1. The number of hydrazone groups is 2. The maximum atomic E-state index is 4.79. The lowest BCUT2D eigenvalue weighted by Crippen LogP contribution is -3.00. The first-order valence-electron chi connectivity index (χ1n) is 16.1. The fourth-order valence-electron chi connectivity index (χ4n) is 6.02. The van der Waals surface area contributed by atoms with E-state index in [0.29, 0.717) is 0 Å². The van der Waals surface area contributed by atoms with Crippen LogP contribution >= 0.6 is 0 Å². The van der Waals surface area contributed by atoms with Gasteiger partial charge in [0, 0.05) is 38.2 Å². The number of unbranched alkanes of at least 4 members (excludes halogenated alkanes) is 3. The zero-order valence-corrected chi connectivity index (χ0v) is 31.0. The fourth-order valence-corrected chi connectivity index (χ4v) is 6.02. The normalized spacial score (nSPS) is 11.2. The Balaban J connectivity index is 0.00000260. The molecule has 4 aromatic carbocycles. The minimum absolute atomic E-state index is 0. The quantitative estimate of drug-likeness (QED) is 0.0766. The lowest BCUT2D eigenvalue weighted by Gasteiger charge is -2.12. The summed E-state index contributed by atoms with van der Waals surface area (Å²) in [6, 6.07) is 39.9. The molecule has 0 radical (unpaired) electrons. The third-order valence-electron chi connectivity index (χ3n) is 8.62. The summed E-state index contributed by atoms with van der Waals surface area (Å²) < 4.78 is 7.04. The van der Waals surface area contributed by atoms with Gasteiger partial charge in [-0.3, -0.25) is 10.0 Å². The zero-order chi connectivity index (χ0) is 31.7. The maximum Gasteiger partial charge on any atom is 0.302 e. The molecular formula is C39H43Br2N7. The van der Waals surface area contributed by atoms with E-state index in [9.17, 15) is 0 Å². The molecule has 0 fully saturated rings. The van der Waals surface area contributed by atoms with Gasteiger partial charge in [0.2, 0.25) is 5.52 Å². The van der Waals surface area contributed by atoms with Crippen molar-refractivity contribution >= 4 is 45.7 Å². The Morgan fingerprint density at radius 3 is 1.88 bits per heavy atom. The molecule has 6 aromatic rings. The summed E-state index contributed by atoms with van der Waals surface area (Å²) in [6.07, 6.45) is 10.8. The first kappa shape index (κ1) is 36.5. The second-order valence-corrected chi connectivity index (χ2v) is 11.7. The average molecular weight is 770 g/mol. The molecule has 0 saturated heterocycles. The van der Waals surface area contributed by atoms with Crippen molar-refractivity contribution in [1.82, 2.24) is 4.57 Å². The highest BCUT2D eigenvalue weighted by Crippen LogP contribution is 2.18. The molecule has 48 heavy (non-hydrogen) atoms. The van der Waals surface area contributed by atoms with Crippen molar-refractivity contribution in [3.05, 3.63) is 133 Å².